The molecule has 0 aliphatic carbocycles. The topological polar surface area (TPSA) is 15.3 Å². The van der Waals surface area contributed by atoms with E-state index in [1.807, 2.05) is 0 Å². The maximum absolute atomic E-state index is 3.79. The summed E-state index contributed by atoms with van der Waals surface area (Å²) in [5.74, 6) is 0. The molecule has 0 saturated carbocycles. The van der Waals surface area contributed by atoms with Crippen molar-refractivity contribution in [2.24, 2.45) is 0 Å². The molecule has 1 unspecified atom stereocenters. The third-order valence-electron chi connectivity index (χ3n) is 5.26. The minimum Gasteiger partial charge on any atom is -0.308 e. The van der Waals surface area contributed by atoms with Crippen molar-refractivity contribution in [2.75, 3.05) is 13.1 Å². The largest absolute Gasteiger partial charge is 0.308 e. The van der Waals surface area contributed by atoms with Crippen LogP contribution in [-0.2, 0) is 6.54 Å². The Labute approximate surface area is 124 Å². The first kappa shape index (κ1) is 15.5. The van der Waals surface area contributed by atoms with E-state index in [1.165, 1.54) is 29.5 Å². The highest BCUT2D eigenvalue weighted by molar-refractivity contribution is 5.33. The summed E-state index contributed by atoms with van der Waals surface area (Å²) in [7, 11) is 0. The van der Waals surface area contributed by atoms with Gasteiger partial charge in [0.25, 0.3) is 0 Å². The lowest BCUT2D eigenvalue weighted by Crippen LogP contribution is -2.62. The predicted octanol–water partition coefficient (Wildman–Crippen LogP) is 3.66. The van der Waals surface area contributed by atoms with E-state index in [0.717, 1.165) is 19.6 Å². The zero-order valence-electron chi connectivity index (χ0n) is 13.8. The monoisotopic (exact) mass is 274 g/mol. The Morgan fingerprint density at radius 3 is 2.35 bits per heavy atom. The Morgan fingerprint density at radius 2 is 1.80 bits per heavy atom. The van der Waals surface area contributed by atoms with Gasteiger partial charge >= 0.3 is 0 Å². The second-order valence-corrected chi connectivity index (χ2v) is 6.49. The maximum Gasteiger partial charge on any atom is 0.0304 e. The van der Waals surface area contributed by atoms with Crippen LogP contribution in [0.5, 0.6) is 0 Å². The van der Waals surface area contributed by atoms with Crippen molar-refractivity contribution in [3.8, 4) is 0 Å². The van der Waals surface area contributed by atoms with Crippen molar-refractivity contribution in [1.29, 1.82) is 0 Å². The summed E-state index contributed by atoms with van der Waals surface area (Å²) in [6.45, 7) is 14.8. The molecule has 0 radical (unpaired) electrons. The van der Waals surface area contributed by atoms with Crippen LogP contribution in [0.2, 0.25) is 0 Å². The molecule has 1 saturated heterocycles. The number of benzene rings is 1. The molecule has 1 aromatic carbocycles. The molecule has 2 heteroatoms. The van der Waals surface area contributed by atoms with Crippen LogP contribution in [0, 0.1) is 13.8 Å². The molecule has 112 valence electrons. The summed E-state index contributed by atoms with van der Waals surface area (Å²) < 4.78 is 0. The highest BCUT2D eigenvalue weighted by Crippen LogP contribution is 2.25. The molecule has 1 N–H and O–H groups in total. The number of piperazine rings is 1. The van der Waals surface area contributed by atoms with Crippen molar-refractivity contribution in [3.63, 3.8) is 0 Å². The molecule has 0 bridgehead atoms. The first-order valence-corrected chi connectivity index (χ1v) is 8.05. The quantitative estimate of drug-likeness (QED) is 0.901. The van der Waals surface area contributed by atoms with E-state index in [0.29, 0.717) is 11.6 Å². The molecule has 1 aromatic rings. The minimum absolute atomic E-state index is 0.309. The summed E-state index contributed by atoms with van der Waals surface area (Å²) in [5.41, 5.74) is 4.68. The van der Waals surface area contributed by atoms with E-state index in [4.69, 9.17) is 0 Å². The summed E-state index contributed by atoms with van der Waals surface area (Å²) in [6, 6.07) is 7.25. The molecule has 2 rings (SSSR count). The number of rotatable bonds is 4. The SMILES string of the molecule is CCC1(CC)CN(Cc2c(C)cccc2C)C(C)CN1. The molecule has 1 fully saturated rings. The molecule has 1 atom stereocenters. The van der Waals surface area contributed by atoms with Gasteiger partial charge in [-0.1, -0.05) is 32.0 Å². The molecule has 0 spiro atoms. The lowest BCUT2D eigenvalue weighted by atomic mass is 9.88. The molecular weight excluding hydrogens is 244 g/mol. The predicted molar refractivity (Wildman–Crippen MR) is 87.1 cm³/mol. The van der Waals surface area contributed by atoms with Crippen LogP contribution in [0.1, 0.15) is 50.3 Å². The van der Waals surface area contributed by atoms with Crippen LogP contribution >= 0.6 is 0 Å². The second-order valence-electron chi connectivity index (χ2n) is 6.49. The summed E-state index contributed by atoms with van der Waals surface area (Å²) >= 11 is 0. The highest BCUT2D eigenvalue weighted by Gasteiger charge is 2.35. The van der Waals surface area contributed by atoms with Gasteiger partial charge in [-0.3, -0.25) is 4.90 Å². The van der Waals surface area contributed by atoms with E-state index in [2.05, 4.69) is 63.0 Å². The van der Waals surface area contributed by atoms with E-state index < -0.39 is 0 Å². The minimum atomic E-state index is 0.309. The maximum atomic E-state index is 3.79. The molecule has 2 nitrogen and oxygen atoms in total. The molecule has 20 heavy (non-hydrogen) atoms. The van der Waals surface area contributed by atoms with Gasteiger partial charge in [0, 0.05) is 31.2 Å². The van der Waals surface area contributed by atoms with Crippen LogP contribution in [-0.4, -0.2) is 29.6 Å². The van der Waals surface area contributed by atoms with Crippen LogP contribution < -0.4 is 5.32 Å². The van der Waals surface area contributed by atoms with Crippen LogP contribution in [0.25, 0.3) is 0 Å². The summed E-state index contributed by atoms with van der Waals surface area (Å²) in [4.78, 5) is 2.67. The van der Waals surface area contributed by atoms with Gasteiger partial charge in [-0.15, -0.1) is 0 Å². The number of nitrogens with one attached hydrogen (secondary N) is 1. The van der Waals surface area contributed by atoms with E-state index in [1.54, 1.807) is 0 Å². The number of hydrogen-bond acceptors (Lipinski definition) is 2. The number of aryl methyl sites for hydroxylation is 2. The van der Waals surface area contributed by atoms with Crippen molar-refractivity contribution in [2.45, 2.75) is 65.6 Å². The second kappa shape index (κ2) is 6.28. The third-order valence-corrected chi connectivity index (χ3v) is 5.26. The third kappa shape index (κ3) is 3.07. The van der Waals surface area contributed by atoms with Crippen molar-refractivity contribution in [3.05, 3.63) is 34.9 Å². The fourth-order valence-electron chi connectivity index (χ4n) is 3.33. The van der Waals surface area contributed by atoms with Crippen LogP contribution in [0.3, 0.4) is 0 Å². The lowest BCUT2D eigenvalue weighted by Gasteiger charge is -2.47. The molecule has 1 aliphatic rings. The summed E-state index contributed by atoms with van der Waals surface area (Å²) in [6.07, 6.45) is 2.42. The van der Waals surface area contributed by atoms with Crippen molar-refractivity contribution in [1.82, 2.24) is 10.2 Å². The Hall–Kier alpha value is -0.860. The van der Waals surface area contributed by atoms with E-state index >= 15 is 0 Å². The van der Waals surface area contributed by atoms with Gasteiger partial charge in [-0.05, 0) is 50.3 Å². The zero-order chi connectivity index (χ0) is 14.8. The molecule has 0 amide bonds. The fraction of sp³-hybridized carbons (Fsp3) is 0.667. The fourth-order valence-corrected chi connectivity index (χ4v) is 3.33. The Balaban J connectivity index is 2.18. The van der Waals surface area contributed by atoms with Crippen LogP contribution in [0.4, 0.5) is 0 Å². The number of nitrogens with zero attached hydrogens (tertiary/aromatic N) is 1. The zero-order valence-corrected chi connectivity index (χ0v) is 13.8. The number of hydrogen-bond donors (Lipinski definition) is 1. The first-order valence-electron chi connectivity index (χ1n) is 8.05. The normalized spacial score (nSPS) is 22.9. The van der Waals surface area contributed by atoms with Gasteiger partial charge in [-0.25, -0.2) is 0 Å². The summed E-state index contributed by atoms with van der Waals surface area (Å²) in [5, 5.41) is 3.79. The average Bonchev–Trinajstić information content (AvgIpc) is 2.45. The van der Waals surface area contributed by atoms with Gasteiger partial charge in [0.15, 0.2) is 0 Å². The van der Waals surface area contributed by atoms with Gasteiger partial charge in [-0.2, -0.15) is 0 Å². The Morgan fingerprint density at radius 1 is 1.20 bits per heavy atom. The van der Waals surface area contributed by atoms with E-state index in [9.17, 15) is 0 Å². The highest BCUT2D eigenvalue weighted by atomic mass is 15.2. The van der Waals surface area contributed by atoms with E-state index in [-0.39, 0.29) is 0 Å². The molecule has 1 aliphatic heterocycles. The average molecular weight is 274 g/mol. The first-order chi connectivity index (χ1) is 9.51. The molecule has 1 heterocycles. The van der Waals surface area contributed by atoms with Gasteiger partial charge in [0.05, 0.1) is 0 Å². The molecule has 0 aromatic heterocycles. The smallest absolute Gasteiger partial charge is 0.0304 e. The lowest BCUT2D eigenvalue weighted by molar-refractivity contribution is 0.0743. The van der Waals surface area contributed by atoms with Gasteiger partial charge in [0.2, 0.25) is 0 Å². The standard InChI is InChI=1S/C18H30N2/c1-6-18(7-2)13-20(16(5)11-19-18)12-17-14(3)9-8-10-15(17)4/h8-10,16,19H,6-7,11-13H2,1-5H3. The Bertz CT molecular complexity index is 428. The molecular formula is C18H30N2. The van der Waals surface area contributed by atoms with Gasteiger partial charge in [0.1, 0.15) is 0 Å². The van der Waals surface area contributed by atoms with Gasteiger partial charge < -0.3 is 5.32 Å². The van der Waals surface area contributed by atoms with Crippen molar-refractivity contribution >= 4 is 0 Å². The Kier molecular flexibility index (Phi) is 4.87. The van der Waals surface area contributed by atoms with Crippen LogP contribution in [0.15, 0.2) is 18.2 Å². The van der Waals surface area contributed by atoms with Crippen molar-refractivity contribution < 1.29 is 0 Å².